The highest BCUT2D eigenvalue weighted by atomic mass is 32.2. The van der Waals surface area contributed by atoms with Crippen LogP contribution >= 0.6 is 11.8 Å². The molecule has 0 unspecified atom stereocenters. The lowest BCUT2D eigenvalue weighted by molar-refractivity contribution is -0.113. The quantitative estimate of drug-likeness (QED) is 0.587. The smallest absolute Gasteiger partial charge is 0.251 e. The summed E-state index contributed by atoms with van der Waals surface area (Å²) in [7, 11) is 3.07. The third-order valence-corrected chi connectivity index (χ3v) is 4.03. The summed E-state index contributed by atoms with van der Waals surface area (Å²) in [4.78, 5) is 30.6. The van der Waals surface area contributed by atoms with E-state index in [1.54, 1.807) is 25.3 Å². The Morgan fingerprint density at radius 3 is 2.75 bits per heavy atom. The number of amides is 1. The van der Waals surface area contributed by atoms with Gasteiger partial charge in [0.15, 0.2) is 5.16 Å². The number of aromatic amines is 1. The van der Waals surface area contributed by atoms with E-state index in [0.29, 0.717) is 34.5 Å². The molecule has 1 amide bonds. The van der Waals surface area contributed by atoms with Crippen molar-refractivity contribution in [1.29, 1.82) is 0 Å². The standard InChI is InChI=1S/C16H19N3O4S/c1-4-10-7-14(20)19-16(17-10)24-9-15(21)18-12-8-11(22-2)5-6-13(12)23-3/h5-8H,4,9H2,1-3H3,(H,18,21)(H,17,19,20). The molecule has 1 aromatic carbocycles. The first-order valence-corrected chi connectivity index (χ1v) is 8.29. The van der Waals surface area contributed by atoms with Crippen molar-refractivity contribution in [3.8, 4) is 11.5 Å². The minimum absolute atomic E-state index is 0.108. The summed E-state index contributed by atoms with van der Waals surface area (Å²) < 4.78 is 10.4. The van der Waals surface area contributed by atoms with Crippen molar-refractivity contribution in [2.24, 2.45) is 0 Å². The number of H-pyrrole nitrogens is 1. The number of carbonyl (C=O) groups excluding carboxylic acids is 1. The Bertz CT molecular complexity index is 776. The van der Waals surface area contributed by atoms with Crippen molar-refractivity contribution in [3.63, 3.8) is 0 Å². The molecular weight excluding hydrogens is 330 g/mol. The lowest BCUT2D eigenvalue weighted by Gasteiger charge is -2.11. The number of aromatic nitrogens is 2. The number of nitrogens with zero attached hydrogens (tertiary/aromatic N) is 1. The third-order valence-electron chi connectivity index (χ3n) is 3.16. The molecule has 2 rings (SSSR count). The lowest BCUT2D eigenvalue weighted by Crippen LogP contribution is -2.16. The zero-order valence-corrected chi connectivity index (χ0v) is 14.5. The highest BCUT2D eigenvalue weighted by Crippen LogP contribution is 2.29. The van der Waals surface area contributed by atoms with E-state index in [0.717, 1.165) is 11.8 Å². The predicted molar refractivity (Wildman–Crippen MR) is 93.1 cm³/mol. The van der Waals surface area contributed by atoms with Crippen LogP contribution in [0, 0.1) is 0 Å². The van der Waals surface area contributed by atoms with E-state index >= 15 is 0 Å². The predicted octanol–water partition coefficient (Wildman–Crippen LogP) is 2.08. The van der Waals surface area contributed by atoms with Crippen molar-refractivity contribution in [1.82, 2.24) is 9.97 Å². The Labute approximate surface area is 143 Å². The maximum atomic E-state index is 12.1. The van der Waals surface area contributed by atoms with E-state index in [1.165, 1.54) is 13.2 Å². The number of methoxy groups -OCH3 is 2. The summed E-state index contributed by atoms with van der Waals surface area (Å²) in [5, 5.41) is 3.19. The molecular formula is C16H19N3O4S. The zero-order chi connectivity index (χ0) is 17.5. The molecule has 0 fully saturated rings. The molecule has 0 saturated carbocycles. The number of hydrogen-bond acceptors (Lipinski definition) is 6. The number of rotatable bonds is 7. The Kier molecular flexibility index (Phi) is 6.25. The SMILES string of the molecule is CCc1cc(=O)[nH]c(SCC(=O)Nc2cc(OC)ccc2OC)n1. The van der Waals surface area contributed by atoms with Crippen molar-refractivity contribution < 1.29 is 14.3 Å². The fourth-order valence-corrected chi connectivity index (χ4v) is 2.66. The van der Waals surface area contributed by atoms with Crippen LogP contribution in [0.5, 0.6) is 11.5 Å². The molecule has 2 N–H and O–H groups in total. The van der Waals surface area contributed by atoms with Crippen LogP contribution in [0.25, 0.3) is 0 Å². The second-order valence-corrected chi connectivity index (χ2v) is 5.76. The van der Waals surface area contributed by atoms with Crippen LogP contribution in [0.1, 0.15) is 12.6 Å². The van der Waals surface area contributed by atoms with Gasteiger partial charge in [-0.25, -0.2) is 4.98 Å². The van der Waals surface area contributed by atoms with Crippen LogP contribution < -0.4 is 20.3 Å². The number of nitrogens with one attached hydrogen (secondary N) is 2. The van der Waals surface area contributed by atoms with Gasteiger partial charge in [-0.1, -0.05) is 18.7 Å². The summed E-state index contributed by atoms with van der Waals surface area (Å²) in [5.41, 5.74) is 0.988. The first-order chi connectivity index (χ1) is 11.5. The molecule has 0 aliphatic heterocycles. The Hall–Kier alpha value is -2.48. The van der Waals surface area contributed by atoms with Gasteiger partial charge in [0.1, 0.15) is 11.5 Å². The number of thioether (sulfide) groups is 1. The van der Waals surface area contributed by atoms with E-state index < -0.39 is 0 Å². The number of hydrogen-bond donors (Lipinski definition) is 2. The molecule has 0 bridgehead atoms. The summed E-state index contributed by atoms with van der Waals surface area (Å²) in [6.07, 6.45) is 0.657. The van der Waals surface area contributed by atoms with Gasteiger partial charge in [0.25, 0.3) is 5.56 Å². The summed E-state index contributed by atoms with van der Waals surface area (Å²) in [5.74, 6) is 1.02. The molecule has 8 heteroatoms. The molecule has 0 radical (unpaired) electrons. The maximum Gasteiger partial charge on any atom is 0.251 e. The van der Waals surface area contributed by atoms with Gasteiger partial charge in [0.2, 0.25) is 5.91 Å². The Balaban J connectivity index is 2.03. The largest absolute Gasteiger partial charge is 0.497 e. The first kappa shape index (κ1) is 17.9. The molecule has 1 aromatic heterocycles. The summed E-state index contributed by atoms with van der Waals surface area (Å²) in [6.45, 7) is 1.91. The Morgan fingerprint density at radius 1 is 1.29 bits per heavy atom. The zero-order valence-electron chi connectivity index (χ0n) is 13.7. The highest BCUT2D eigenvalue weighted by molar-refractivity contribution is 7.99. The van der Waals surface area contributed by atoms with Gasteiger partial charge >= 0.3 is 0 Å². The maximum absolute atomic E-state index is 12.1. The monoisotopic (exact) mass is 349 g/mol. The van der Waals surface area contributed by atoms with Crippen LogP contribution in [-0.2, 0) is 11.2 Å². The van der Waals surface area contributed by atoms with Crippen LogP contribution in [0.15, 0.2) is 34.2 Å². The average molecular weight is 349 g/mol. The van der Waals surface area contributed by atoms with E-state index in [-0.39, 0.29) is 17.2 Å². The van der Waals surface area contributed by atoms with Crippen molar-refractivity contribution in [2.45, 2.75) is 18.5 Å². The average Bonchev–Trinajstić information content (AvgIpc) is 2.59. The van der Waals surface area contributed by atoms with Crippen LogP contribution in [-0.4, -0.2) is 35.8 Å². The third kappa shape index (κ3) is 4.76. The summed E-state index contributed by atoms with van der Waals surface area (Å²) >= 11 is 1.16. The Morgan fingerprint density at radius 2 is 2.08 bits per heavy atom. The minimum atomic E-state index is -0.240. The van der Waals surface area contributed by atoms with Crippen molar-refractivity contribution in [3.05, 3.63) is 40.3 Å². The molecule has 0 saturated heterocycles. The number of ether oxygens (including phenoxy) is 2. The second kappa shape index (κ2) is 8.39. The highest BCUT2D eigenvalue weighted by Gasteiger charge is 2.11. The fraction of sp³-hybridized carbons (Fsp3) is 0.312. The number of anilines is 1. The molecule has 24 heavy (non-hydrogen) atoms. The number of benzene rings is 1. The topological polar surface area (TPSA) is 93.3 Å². The number of aryl methyl sites for hydroxylation is 1. The molecule has 0 aliphatic carbocycles. The molecule has 0 atom stereocenters. The van der Waals surface area contributed by atoms with Crippen molar-refractivity contribution in [2.75, 3.05) is 25.3 Å². The molecule has 2 aromatic rings. The fourth-order valence-electron chi connectivity index (χ4n) is 1.96. The van der Waals surface area contributed by atoms with Gasteiger partial charge in [-0.3, -0.25) is 9.59 Å². The van der Waals surface area contributed by atoms with Gasteiger partial charge in [0, 0.05) is 17.8 Å². The molecule has 0 spiro atoms. The van der Waals surface area contributed by atoms with E-state index in [4.69, 9.17) is 9.47 Å². The van der Waals surface area contributed by atoms with Gasteiger partial charge in [-0.15, -0.1) is 0 Å². The molecule has 128 valence electrons. The molecule has 0 aliphatic rings. The minimum Gasteiger partial charge on any atom is -0.497 e. The van der Waals surface area contributed by atoms with Gasteiger partial charge < -0.3 is 19.8 Å². The van der Waals surface area contributed by atoms with Crippen molar-refractivity contribution >= 4 is 23.4 Å². The van der Waals surface area contributed by atoms with Crippen LogP contribution in [0.2, 0.25) is 0 Å². The van der Waals surface area contributed by atoms with Gasteiger partial charge in [-0.2, -0.15) is 0 Å². The van der Waals surface area contributed by atoms with Gasteiger partial charge in [-0.05, 0) is 18.6 Å². The molecule has 7 nitrogen and oxygen atoms in total. The first-order valence-electron chi connectivity index (χ1n) is 7.30. The summed E-state index contributed by atoms with van der Waals surface area (Å²) in [6, 6.07) is 6.59. The van der Waals surface area contributed by atoms with Crippen LogP contribution in [0.4, 0.5) is 5.69 Å². The van der Waals surface area contributed by atoms with Crippen LogP contribution in [0.3, 0.4) is 0 Å². The molecule has 1 heterocycles. The van der Waals surface area contributed by atoms with E-state index in [9.17, 15) is 9.59 Å². The van der Waals surface area contributed by atoms with E-state index in [1.807, 2.05) is 6.92 Å². The van der Waals surface area contributed by atoms with E-state index in [2.05, 4.69) is 15.3 Å². The van der Waals surface area contributed by atoms with Gasteiger partial charge in [0.05, 0.1) is 25.7 Å². The lowest BCUT2D eigenvalue weighted by atomic mass is 10.2. The second-order valence-electron chi connectivity index (χ2n) is 4.80. The normalized spacial score (nSPS) is 10.3. The number of carbonyl (C=O) groups is 1.